The van der Waals surface area contributed by atoms with Crippen LogP contribution in [0.15, 0.2) is 47.1 Å². The van der Waals surface area contributed by atoms with Crippen molar-refractivity contribution in [2.45, 2.75) is 19.6 Å². The average molecular weight is 217 g/mol. The lowest BCUT2D eigenvalue weighted by Gasteiger charge is -2.12. The molecular formula is C13H15NO2. The van der Waals surface area contributed by atoms with Gasteiger partial charge in [0.05, 0.1) is 18.9 Å². The number of aliphatic hydroxyl groups is 1. The Morgan fingerprint density at radius 2 is 2.06 bits per heavy atom. The topological polar surface area (TPSA) is 45.4 Å². The molecule has 1 aromatic carbocycles. The van der Waals surface area contributed by atoms with E-state index in [1.54, 1.807) is 13.2 Å². The minimum absolute atomic E-state index is 0.472. The Kier molecular flexibility index (Phi) is 3.27. The van der Waals surface area contributed by atoms with Gasteiger partial charge in [-0.25, -0.2) is 0 Å². The first-order valence-corrected chi connectivity index (χ1v) is 5.30. The summed E-state index contributed by atoms with van der Waals surface area (Å²) in [4.78, 5) is 0. The number of hydrogen-bond acceptors (Lipinski definition) is 3. The zero-order valence-corrected chi connectivity index (χ0v) is 9.18. The molecule has 0 saturated heterocycles. The molecule has 2 aromatic rings. The van der Waals surface area contributed by atoms with Crippen LogP contribution in [-0.4, -0.2) is 5.11 Å². The number of nitrogens with one attached hydrogen (secondary N) is 1. The highest BCUT2D eigenvalue weighted by Gasteiger charge is 2.06. The molecule has 16 heavy (non-hydrogen) atoms. The Balaban J connectivity index is 2.09. The molecule has 0 saturated carbocycles. The van der Waals surface area contributed by atoms with Crippen LogP contribution >= 0.6 is 0 Å². The quantitative estimate of drug-likeness (QED) is 0.827. The number of rotatable bonds is 4. The van der Waals surface area contributed by atoms with E-state index in [0.717, 1.165) is 17.0 Å². The molecule has 0 spiro atoms. The predicted molar refractivity (Wildman–Crippen MR) is 63.1 cm³/mol. The maximum absolute atomic E-state index is 9.60. The van der Waals surface area contributed by atoms with E-state index in [9.17, 15) is 5.11 Å². The molecule has 0 aliphatic rings. The van der Waals surface area contributed by atoms with Crippen molar-refractivity contribution in [3.63, 3.8) is 0 Å². The standard InChI is InChI=1S/C13H15NO2/c1-10(15)12-6-2-3-7-13(12)14-9-11-5-4-8-16-11/h2-8,10,14-15H,9H2,1H3. The third-order valence-corrected chi connectivity index (χ3v) is 2.44. The second-order valence-electron chi connectivity index (χ2n) is 3.70. The number of benzene rings is 1. The van der Waals surface area contributed by atoms with E-state index in [4.69, 9.17) is 4.42 Å². The van der Waals surface area contributed by atoms with Crippen LogP contribution in [0.2, 0.25) is 0 Å². The molecule has 3 heteroatoms. The molecule has 2 rings (SSSR count). The van der Waals surface area contributed by atoms with Crippen molar-refractivity contribution in [2.75, 3.05) is 5.32 Å². The Hall–Kier alpha value is -1.74. The van der Waals surface area contributed by atoms with Gasteiger partial charge in [0.15, 0.2) is 0 Å². The molecule has 1 unspecified atom stereocenters. The van der Waals surface area contributed by atoms with Crippen LogP contribution in [0.4, 0.5) is 5.69 Å². The van der Waals surface area contributed by atoms with Gasteiger partial charge < -0.3 is 14.8 Å². The highest BCUT2D eigenvalue weighted by atomic mass is 16.3. The molecule has 0 aliphatic carbocycles. The number of hydrogen-bond donors (Lipinski definition) is 2. The summed E-state index contributed by atoms with van der Waals surface area (Å²) in [5.41, 5.74) is 1.84. The first-order valence-electron chi connectivity index (χ1n) is 5.30. The predicted octanol–water partition coefficient (Wildman–Crippen LogP) is 2.95. The minimum atomic E-state index is -0.472. The number of para-hydroxylation sites is 1. The maximum Gasteiger partial charge on any atom is 0.122 e. The lowest BCUT2D eigenvalue weighted by Crippen LogP contribution is -2.03. The van der Waals surface area contributed by atoms with Crippen molar-refractivity contribution in [1.29, 1.82) is 0 Å². The van der Waals surface area contributed by atoms with E-state index in [0.29, 0.717) is 6.54 Å². The van der Waals surface area contributed by atoms with Crippen LogP contribution in [0, 0.1) is 0 Å². The van der Waals surface area contributed by atoms with Gasteiger partial charge in [0, 0.05) is 11.3 Å². The molecule has 1 heterocycles. The molecule has 84 valence electrons. The largest absolute Gasteiger partial charge is 0.467 e. The van der Waals surface area contributed by atoms with Crippen molar-refractivity contribution >= 4 is 5.69 Å². The van der Waals surface area contributed by atoms with Crippen LogP contribution in [0.1, 0.15) is 24.4 Å². The van der Waals surface area contributed by atoms with Crippen molar-refractivity contribution in [3.8, 4) is 0 Å². The van der Waals surface area contributed by atoms with Crippen molar-refractivity contribution in [2.24, 2.45) is 0 Å². The molecular weight excluding hydrogens is 202 g/mol. The molecule has 1 aromatic heterocycles. The highest BCUT2D eigenvalue weighted by Crippen LogP contribution is 2.22. The Labute approximate surface area is 94.7 Å². The Morgan fingerprint density at radius 3 is 2.75 bits per heavy atom. The molecule has 0 bridgehead atoms. The summed E-state index contributed by atoms with van der Waals surface area (Å²) in [6, 6.07) is 11.5. The summed E-state index contributed by atoms with van der Waals surface area (Å²) < 4.78 is 5.23. The lowest BCUT2D eigenvalue weighted by atomic mass is 10.1. The van der Waals surface area contributed by atoms with Crippen LogP contribution in [0.5, 0.6) is 0 Å². The molecule has 0 aliphatic heterocycles. The van der Waals surface area contributed by atoms with Crippen LogP contribution < -0.4 is 5.32 Å². The zero-order chi connectivity index (χ0) is 11.4. The monoisotopic (exact) mass is 217 g/mol. The van der Waals surface area contributed by atoms with E-state index in [1.807, 2.05) is 36.4 Å². The molecule has 0 fully saturated rings. The van der Waals surface area contributed by atoms with E-state index in [-0.39, 0.29) is 0 Å². The summed E-state index contributed by atoms with van der Waals surface area (Å²) in [6.07, 6.45) is 1.18. The Morgan fingerprint density at radius 1 is 1.25 bits per heavy atom. The second-order valence-corrected chi connectivity index (χ2v) is 3.70. The van der Waals surface area contributed by atoms with Gasteiger partial charge in [-0.15, -0.1) is 0 Å². The van der Waals surface area contributed by atoms with E-state index >= 15 is 0 Å². The fourth-order valence-electron chi connectivity index (χ4n) is 1.62. The first kappa shape index (κ1) is 10.8. The van der Waals surface area contributed by atoms with E-state index in [1.165, 1.54) is 0 Å². The zero-order valence-electron chi connectivity index (χ0n) is 9.18. The van der Waals surface area contributed by atoms with Crippen LogP contribution in [0.25, 0.3) is 0 Å². The van der Waals surface area contributed by atoms with Gasteiger partial charge in [-0.2, -0.15) is 0 Å². The molecule has 0 amide bonds. The average Bonchev–Trinajstić information content (AvgIpc) is 2.79. The normalized spacial score (nSPS) is 12.4. The fourth-order valence-corrected chi connectivity index (χ4v) is 1.62. The fraction of sp³-hybridized carbons (Fsp3) is 0.231. The van der Waals surface area contributed by atoms with Gasteiger partial charge in [0.2, 0.25) is 0 Å². The molecule has 1 atom stereocenters. The van der Waals surface area contributed by atoms with Gasteiger partial charge in [0.25, 0.3) is 0 Å². The summed E-state index contributed by atoms with van der Waals surface area (Å²) in [7, 11) is 0. The van der Waals surface area contributed by atoms with E-state index in [2.05, 4.69) is 5.32 Å². The third kappa shape index (κ3) is 2.44. The smallest absolute Gasteiger partial charge is 0.122 e. The maximum atomic E-state index is 9.60. The first-order chi connectivity index (χ1) is 7.77. The lowest BCUT2D eigenvalue weighted by molar-refractivity contribution is 0.200. The molecule has 0 radical (unpaired) electrons. The van der Waals surface area contributed by atoms with Gasteiger partial charge in [-0.05, 0) is 25.1 Å². The number of anilines is 1. The minimum Gasteiger partial charge on any atom is -0.467 e. The van der Waals surface area contributed by atoms with Crippen LogP contribution in [-0.2, 0) is 6.54 Å². The van der Waals surface area contributed by atoms with Crippen molar-refractivity contribution in [1.82, 2.24) is 0 Å². The van der Waals surface area contributed by atoms with Gasteiger partial charge in [0.1, 0.15) is 5.76 Å². The summed E-state index contributed by atoms with van der Waals surface area (Å²) >= 11 is 0. The van der Waals surface area contributed by atoms with Gasteiger partial charge in [-0.3, -0.25) is 0 Å². The third-order valence-electron chi connectivity index (χ3n) is 2.44. The summed E-state index contributed by atoms with van der Waals surface area (Å²) in [5, 5.41) is 12.8. The summed E-state index contributed by atoms with van der Waals surface area (Å²) in [6.45, 7) is 2.38. The van der Waals surface area contributed by atoms with Crippen LogP contribution in [0.3, 0.4) is 0 Å². The summed E-state index contributed by atoms with van der Waals surface area (Å²) in [5.74, 6) is 0.875. The number of furan rings is 1. The number of aliphatic hydroxyl groups excluding tert-OH is 1. The molecule has 3 nitrogen and oxygen atoms in total. The van der Waals surface area contributed by atoms with Gasteiger partial charge in [-0.1, -0.05) is 18.2 Å². The highest BCUT2D eigenvalue weighted by molar-refractivity contribution is 5.52. The van der Waals surface area contributed by atoms with E-state index < -0.39 is 6.10 Å². The van der Waals surface area contributed by atoms with Gasteiger partial charge >= 0.3 is 0 Å². The van der Waals surface area contributed by atoms with Crippen molar-refractivity contribution < 1.29 is 9.52 Å². The van der Waals surface area contributed by atoms with Crippen molar-refractivity contribution in [3.05, 3.63) is 54.0 Å². The molecule has 2 N–H and O–H groups in total. The SMILES string of the molecule is CC(O)c1ccccc1NCc1ccco1. The Bertz CT molecular complexity index is 435. The second kappa shape index (κ2) is 4.86.